The summed E-state index contributed by atoms with van der Waals surface area (Å²) in [5, 5.41) is 3.81. The van der Waals surface area contributed by atoms with Gasteiger partial charge in [-0.25, -0.2) is 0 Å². The van der Waals surface area contributed by atoms with Crippen LogP contribution >= 0.6 is 0 Å². The Kier molecular flexibility index (Phi) is 2.30. The molecule has 1 fully saturated rings. The molecule has 0 aromatic heterocycles. The molecule has 1 aromatic carbocycles. The Bertz CT molecular complexity index is 316. The van der Waals surface area contributed by atoms with E-state index in [0.717, 1.165) is 18.4 Å². The Balaban J connectivity index is 1.99. The molecule has 1 aromatic rings. The maximum Gasteiger partial charge on any atom is 0.139 e. The third-order valence-electron chi connectivity index (χ3n) is 2.04. The number of hydrogen-bond acceptors (Lipinski definition) is 2. The van der Waals surface area contributed by atoms with Crippen molar-refractivity contribution in [3.05, 3.63) is 35.4 Å². The molecule has 13 heavy (non-hydrogen) atoms. The van der Waals surface area contributed by atoms with Crippen molar-refractivity contribution in [2.75, 3.05) is 0 Å². The third-order valence-corrected chi connectivity index (χ3v) is 2.04. The van der Waals surface area contributed by atoms with E-state index in [4.69, 9.17) is 4.84 Å². The minimum absolute atomic E-state index is 0.358. The first-order chi connectivity index (χ1) is 6.36. The molecule has 0 saturated heterocycles. The SMILES string of the molecule is Cc1ccccc1/[C]=N/OC1CC1. The van der Waals surface area contributed by atoms with Crippen molar-refractivity contribution in [3.8, 4) is 0 Å². The van der Waals surface area contributed by atoms with E-state index >= 15 is 0 Å². The van der Waals surface area contributed by atoms with Crippen LogP contribution in [0.2, 0.25) is 0 Å². The maximum absolute atomic E-state index is 5.13. The average molecular weight is 174 g/mol. The van der Waals surface area contributed by atoms with E-state index in [1.54, 1.807) is 0 Å². The summed E-state index contributed by atoms with van der Waals surface area (Å²) in [5.41, 5.74) is 2.17. The van der Waals surface area contributed by atoms with Gasteiger partial charge in [0.25, 0.3) is 0 Å². The number of hydrogen-bond donors (Lipinski definition) is 0. The predicted octanol–water partition coefficient (Wildman–Crippen LogP) is 2.38. The van der Waals surface area contributed by atoms with E-state index in [0.29, 0.717) is 6.10 Å². The molecule has 0 amide bonds. The second kappa shape index (κ2) is 3.60. The number of nitrogens with zero attached hydrogens (tertiary/aromatic N) is 1. The molecular formula is C11H12NO. The van der Waals surface area contributed by atoms with Crippen molar-refractivity contribution < 1.29 is 4.84 Å². The van der Waals surface area contributed by atoms with Gasteiger partial charge in [0.2, 0.25) is 0 Å². The lowest BCUT2D eigenvalue weighted by Gasteiger charge is -1.96. The van der Waals surface area contributed by atoms with Crippen LogP contribution in [0, 0.1) is 6.92 Å². The van der Waals surface area contributed by atoms with Crippen molar-refractivity contribution >= 4 is 6.21 Å². The van der Waals surface area contributed by atoms with E-state index in [1.807, 2.05) is 31.2 Å². The molecule has 0 N–H and O–H groups in total. The zero-order valence-electron chi connectivity index (χ0n) is 7.66. The normalized spacial score (nSPS) is 16.4. The van der Waals surface area contributed by atoms with Crippen LogP contribution in [0.15, 0.2) is 29.4 Å². The van der Waals surface area contributed by atoms with Crippen LogP contribution in [-0.2, 0) is 4.84 Å². The third kappa shape index (κ3) is 2.31. The molecule has 0 heterocycles. The Hall–Kier alpha value is -1.31. The number of benzene rings is 1. The van der Waals surface area contributed by atoms with Crippen molar-refractivity contribution in [2.24, 2.45) is 5.16 Å². The largest absolute Gasteiger partial charge is 0.392 e. The van der Waals surface area contributed by atoms with Gasteiger partial charge >= 0.3 is 0 Å². The lowest BCUT2D eigenvalue weighted by atomic mass is 10.1. The summed E-state index contributed by atoms with van der Waals surface area (Å²) in [6.45, 7) is 2.04. The van der Waals surface area contributed by atoms with E-state index in [1.165, 1.54) is 5.56 Å². The Morgan fingerprint density at radius 2 is 2.15 bits per heavy atom. The second-order valence-electron chi connectivity index (χ2n) is 3.32. The van der Waals surface area contributed by atoms with E-state index < -0.39 is 0 Å². The fourth-order valence-corrected chi connectivity index (χ4v) is 1.02. The average Bonchev–Trinajstić information content (AvgIpc) is 2.92. The molecule has 1 aliphatic carbocycles. The summed E-state index contributed by atoms with van der Waals surface area (Å²) >= 11 is 0. The summed E-state index contributed by atoms with van der Waals surface area (Å²) in [5.74, 6) is 0. The Morgan fingerprint density at radius 1 is 1.38 bits per heavy atom. The second-order valence-corrected chi connectivity index (χ2v) is 3.32. The van der Waals surface area contributed by atoms with Gasteiger partial charge in [-0.15, -0.1) is 0 Å². The van der Waals surface area contributed by atoms with Crippen LogP contribution in [0.25, 0.3) is 0 Å². The van der Waals surface area contributed by atoms with Crippen LogP contribution in [0.5, 0.6) is 0 Å². The van der Waals surface area contributed by atoms with Crippen LogP contribution in [0.4, 0.5) is 0 Å². The standard InChI is InChI=1S/C11H12NO/c1-9-4-2-3-5-10(9)8-12-13-11-6-7-11/h2-5,11H,6-7H2,1H3. The smallest absolute Gasteiger partial charge is 0.139 e. The summed E-state index contributed by atoms with van der Waals surface area (Å²) in [7, 11) is 0. The van der Waals surface area contributed by atoms with Gasteiger partial charge in [-0.3, -0.25) is 0 Å². The summed E-state index contributed by atoms with van der Waals surface area (Å²) in [6.07, 6.45) is 5.52. The first-order valence-corrected chi connectivity index (χ1v) is 4.54. The minimum atomic E-state index is 0.358. The summed E-state index contributed by atoms with van der Waals surface area (Å²) in [4.78, 5) is 5.13. The van der Waals surface area contributed by atoms with Gasteiger partial charge in [0.05, 0.1) is 0 Å². The molecule has 1 radical (unpaired) electrons. The maximum atomic E-state index is 5.13. The zero-order chi connectivity index (χ0) is 9.10. The van der Waals surface area contributed by atoms with Gasteiger partial charge in [-0.05, 0) is 25.3 Å². The summed E-state index contributed by atoms with van der Waals surface area (Å²) in [6, 6.07) is 7.99. The van der Waals surface area contributed by atoms with Crippen molar-refractivity contribution in [1.82, 2.24) is 0 Å². The number of aryl methyl sites for hydroxylation is 1. The molecule has 0 spiro atoms. The summed E-state index contributed by atoms with van der Waals surface area (Å²) < 4.78 is 0. The van der Waals surface area contributed by atoms with E-state index in [-0.39, 0.29) is 0 Å². The Morgan fingerprint density at radius 3 is 2.85 bits per heavy atom. The molecule has 0 unspecified atom stereocenters. The first kappa shape index (κ1) is 8.30. The van der Waals surface area contributed by atoms with Crippen LogP contribution in [0.1, 0.15) is 24.0 Å². The highest BCUT2D eigenvalue weighted by atomic mass is 16.6. The van der Waals surface area contributed by atoms with Crippen LogP contribution in [-0.4, -0.2) is 12.3 Å². The topological polar surface area (TPSA) is 21.6 Å². The van der Waals surface area contributed by atoms with Crippen molar-refractivity contribution in [3.63, 3.8) is 0 Å². The van der Waals surface area contributed by atoms with Crippen molar-refractivity contribution in [2.45, 2.75) is 25.9 Å². The molecule has 2 nitrogen and oxygen atoms in total. The van der Waals surface area contributed by atoms with Crippen LogP contribution in [0.3, 0.4) is 0 Å². The van der Waals surface area contributed by atoms with Crippen LogP contribution < -0.4 is 0 Å². The fourth-order valence-electron chi connectivity index (χ4n) is 1.02. The van der Waals surface area contributed by atoms with Gasteiger partial charge in [-0.1, -0.05) is 29.4 Å². The molecule has 2 rings (SSSR count). The van der Waals surface area contributed by atoms with E-state index in [2.05, 4.69) is 11.4 Å². The van der Waals surface area contributed by atoms with Gasteiger partial charge in [0.1, 0.15) is 12.3 Å². The molecule has 2 heteroatoms. The van der Waals surface area contributed by atoms with Crippen molar-refractivity contribution in [1.29, 1.82) is 0 Å². The molecule has 67 valence electrons. The highest BCUT2D eigenvalue weighted by Crippen LogP contribution is 2.23. The molecule has 0 aliphatic heterocycles. The van der Waals surface area contributed by atoms with E-state index in [9.17, 15) is 0 Å². The molecule has 0 atom stereocenters. The highest BCUT2D eigenvalue weighted by molar-refractivity contribution is 5.81. The fraction of sp³-hybridized carbons (Fsp3) is 0.364. The van der Waals surface area contributed by atoms with Gasteiger partial charge in [0.15, 0.2) is 0 Å². The number of rotatable bonds is 3. The highest BCUT2D eigenvalue weighted by Gasteiger charge is 2.23. The predicted molar refractivity (Wildman–Crippen MR) is 51.8 cm³/mol. The lowest BCUT2D eigenvalue weighted by molar-refractivity contribution is 0.131. The monoisotopic (exact) mass is 174 g/mol. The Labute approximate surface area is 78.2 Å². The van der Waals surface area contributed by atoms with Gasteiger partial charge < -0.3 is 4.84 Å². The molecule has 1 aliphatic rings. The van der Waals surface area contributed by atoms with Gasteiger partial charge in [-0.2, -0.15) is 0 Å². The molecule has 1 saturated carbocycles. The first-order valence-electron chi connectivity index (χ1n) is 4.54. The molecule has 0 bridgehead atoms. The quantitative estimate of drug-likeness (QED) is 0.509. The molecular weight excluding hydrogens is 162 g/mol. The zero-order valence-corrected chi connectivity index (χ0v) is 7.66. The van der Waals surface area contributed by atoms with Gasteiger partial charge in [0, 0.05) is 5.56 Å². The lowest BCUT2D eigenvalue weighted by Crippen LogP contribution is -1.89. The minimum Gasteiger partial charge on any atom is -0.392 e.